The Balaban J connectivity index is 1.72. The average Bonchev–Trinajstić information content (AvgIpc) is 2.94. The zero-order valence-electron chi connectivity index (χ0n) is 15.3. The van der Waals surface area contributed by atoms with E-state index in [1.54, 1.807) is 13.3 Å². The molecule has 0 bridgehead atoms. The van der Waals surface area contributed by atoms with E-state index in [2.05, 4.69) is 27.0 Å². The molecule has 0 aliphatic heterocycles. The summed E-state index contributed by atoms with van der Waals surface area (Å²) in [7, 11) is 1.80. The molecule has 0 N–H and O–H groups in total. The van der Waals surface area contributed by atoms with Gasteiger partial charge in [-0.15, -0.1) is 0 Å². The van der Waals surface area contributed by atoms with Crippen LogP contribution < -0.4 is 5.69 Å². The predicted octanol–water partition coefficient (Wildman–Crippen LogP) is 4.58. The molecule has 0 aromatic carbocycles. The summed E-state index contributed by atoms with van der Waals surface area (Å²) in [6.45, 7) is 0.768. The van der Waals surface area contributed by atoms with Gasteiger partial charge in [0.05, 0.1) is 11.6 Å². The normalized spacial score (nSPS) is 24.0. The quantitative estimate of drug-likeness (QED) is 0.728. The number of aromatic nitrogens is 3. The summed E-state index contributed by atoms with van der Waals surface area (Å²) in [5, 5.41) is 0. The Labute approximate surface area is 162 Å². The molecular formula is C20H26BrN3O2. The summed E-state index contributed by atoms with van der Waals surface area (Å²) in [6.07, 6.45) is 13.1. The number of halogens is 1. The monoisotopic (exact) mass is 419 g/mol. The van der Waals surface area contributed by atoms with Crippen LogP contribution in [0.4, 0.5) is 0 Å². The van der Waals surface area contributed by atoms with E-state index in [9.17, 15) is 4.79 Å². The molecule has 0 amide bonds. The lowest BCUT2D eigenvalue weighted by atomic mass is 9.87. The number of imidazole rings is 1. The van der Waals surface area contributed by atoms with Crippen LogP contribution in [-0.2, 0) is 11.3 Å². The van der Waals surface area contributed by atoms with Crippen molar-refractivity contribution in [3.05, 3.63) is 33.3 Å². The molecule has 2 aromatic heterocycles. The third-order valence-electron chi connectivity index (χ3n) is 5.86. The van der Waals surface area contributed by atoms with Gasteiger partial charge in [-0.25, -0.2) is 14.3 Å². The largest absolute Gasteiger partial charge is 0.381 e. The van der Waals surface area contributed by atoms with Gasteiger partial charge in [0.1, 0.15) is 0 Å². The number of allylic oxidation sites excluding steroid dienone is 2. The Morgan fingerprint density at radius 1 is 1.27 bits per heavy atom. The summed E-state index contributed by atoms with van der Waals surface area (Å²) >= 11 is 3.52. The molecule has 5 nitrogen and oxygen atoms in total. The van der Waals surface area contributed by atoms with E-state index in [0.29, 0.717) is 12.0 Å². The van der Waals surface area contributed by atoms with E-state index < -0.39 is 0 Å². The van der Waals surface area contributed by atoms with Crippen LogP contribution in [0.5, 0.6) is 0 Å². The SMILES string of the molecule is CO[C@H]1CC[C@H](Cn2c(=O)n(C3=CCCCC3)c3ncc(Br)cc32)CC1. The van der Waals surface area contributed by atoms with Gasteiger partial charge in [-0.2, -0.15) is 0 Å². The molecule has 0 saturated heterocycles. The molecule has 0 atom stereocenters. The van der Waals surface area contributed by atoms with Crippen molar-refractivity contribution in [2.45, 2.75) is 64.0 Å². The van der Waals surface area contributed by atoms with Crippen LogP contribution in [0.2, 0.25) is 0 Å². The van der Waals surface area contributed by atoms with Crippen LogP contribution in [0.15, 0.2) is 27.6 Å². The molecule has 4 rings (SSSR count). The first-order valence-electron chi connectivity index (χ1n) is 9.66. The highest BCUT2D eigenvalue weighted by atomic mass is 79.9. The van der Waals surface area contributed by atoms with Gasteiger partial charge in [0, 0.05) is 30.0 Å². The molecule has 2 aliphatic rings. The zero-order chi connectivity index (χ0) is 18.1. The lowest BCUT2D eigenvalue weighted by molar-refractivity contribution is 0.0542. The van der Waals surface area contributed by atoms with Gasteiger partial charge in [0.25, 0.3) is 0 Å². The Bertz CT molecular complexity index is 875. The van der Waals surface area contributed by atoms with E-state index in [-0.39, 0.29) is 5.69 Å². The van der Waals surface area contributed by atoms with Crippen molar-refractivity contribution in [3.63, 3.8) is 0 Å². The molecule has 0 radical (unpaired) electrons. The lowest BCUT2D eigenvalue weighted by Gasteiger charge is -2.27. The molecule has 2 aromatic rings. The van der Waals surface area contributed by atoms with Crippen molar-refractivity contribution in [2.24, 2.45) is 5.92 Å². The first kappa shape index (κ1) is 18.0. The third-order valence-corrected chi connectivity index (χ3v) is 6.29. The highest BCUT2D eigenvalue weighted by Gasteiger charge is 2.24. The Kier molecular flexibility index (Phi) is 5.32. The predicted molar refractivity (Wildman–Crippen MR) is 107 cm³/mol. The summed E-state index contributed by atoms with van der Waals surface area (Å²) in [5.74, 6) is 0.525. The Hall–Kier alpha value is -1.40. The topological polar surface area (TPSA) is 49.0 Å². The van der Waals surface area contributed by atoms with Gasteiger partial charge in [-0.05, 0) is 79.3 Å². The van der Waals surface area contributed by atoms with E-state index in [0.717, 1.165) is 72.8 Å². The number of hydrogen-bond acceptors (Lipinski definition) is 3. The number of hydrogen-bond donors (Lipinski definition) is 0. The van der Waals surface area contributed by atoms with E-state index in [4.69, 9.17) is 4.74 Å². The number of ether oxygens (including phenoxy) is 1. The van der Waals surface area contributed by atoms with Gasteiger partial charge in [0.15, 0.2) is 5.65 Å². The molecule has 1 fully saturated rings. The highest BCUT2D eigenvalue weighted by Crippen LogP contribution is 2.29. The summed E-state index contributed by atoms with van der Waals surface area (Å²) in [5.41, 5.74) is 2.90. The zero-order valence-corrected chi connectivity index (χ0v) is 16.9. The fourth-order valence-corrected chi connectivity index (χ4v) is 4.69. The van der Waals surface area contributed by atoms with Gasteiger partial charge in [-0.3, -0.25) is 4.57 Å². The maximum absolute atomic E-state index is 13.3. The van der Waals surface area contributed by atoms with Gasteiger partial charge in [-0.1, -0.05) is 6.08 Å². The third kappa shape index (κ3) is 3.41. The van der Waals surface area contributed by atoms with Gasteiger partial charge >= 0.3 is 5.69 Å². The van der Waals surface area contributed by atoms with Crippen molar-refractivity contribution < 1.29 is 4.74 Å². The first-order valence-corrected chi connectivity index (χ1v) is 10.5. The standard InChI is InChI=1S/C20H26BrN3O2/c1-26-17-9-7-14(8-10-17)13-23-18-11-15(21)12-22-19(18)24(20(23)25)16-5-3-2-4-6-16/h5,11-12,14,17H,2-4,6-10,13H2,1H3/t14-,17-. The molecular weight excluding hydrogens is 394 g/mol. The van der Waals surface area contributed by atoms with Crippen LogP contribution in [0, 0.1) is 5.92 Å². The Morgan fingerprint density at radius 3 is 2.77 bits per heavy atom. The smallest absolute Gasteiger partial charge is 0.334 e. The lowest BCUT2D eigenvalue weighted by Crippen LogP contribution is -2.29. The van der Waals surface area contributed by atoms with Crippen LogP contribution in [0.3, 0.4) is 0 Å². The van der Waals surface area contributed by atoms with Crippen LogP contribution in [-0.4, -0.2) is 27.3 Å². The Morgan fingerprint density at radius 2 is 2.08 bits per heavy atom. The van der Waals surface area contributed by atoms with E-state index in [1.165, 1.54) is 6.42 Å². The molecule has 2 aliphatic carbocycles. The minimum atomic E-state index is 0.0626. The number of methoxy groups -OCH3 is 1. The van der Waals surface area contributed by atoms with Gasteiger partial charge in [0.2, 0.25) is 0 Å². The number of pyridine rings is 1. The summed E-state index contributed by atoms with van der Waals surface area (Å²) in [4.78, 5) is 17.9. The van der Waals surface area contributed by atoms with E-state index >= 15 is 0 Å². The van der Waals surface area contributed by atoms with Crippen molar-refractivity contribution in [2.75, 3.05) is 7.11 Å². The van der Waals surface area contributed by atoms with Crippen LogP contribution in [0.25, 0.3) is 16.9 Å². The molecule has 140 valence electrons. The van der Waals surface area contributed by atoms with Gasteiger partial charge < -0.3 is 4.74 Å². The first-order chi connectivity index (χ1) is 12.7. The molecule has 6 heteroatoms. The fourth-order valence-electron chi connectivity index (χ4n) is 4.37. The minimum absolute atomic E-state index is 0.0626. The maximum Gasteiger partial charge on any atom is 0.334 e. The minimum Gasteiger partial charge on any atom is -0.381 e. The highest BCUT2D eigenvalue weighted by molar-refractivity contribution is 9.10. The van der Waals surface area contributed by atoms with Crippen molar-refractivity contribution in [3.8, 4) is 0 Å². The molecule has 0 spiro atoms. The van der Waals surface area contributed by atoms with Crippen molar-refractivity contribution in [1.82, 2.24) is 14.1 Å². The average molecular weight is 420 g/mol. The molecule has 2 heterocycles. The number of rotatable bonds is 4. The second-order valence-corrected chi connectivity index (χ2v) is 8.46. The fraction of sp³-hybridized carbons (Fsp3) is 0.600. The van der Waals surface area contributed by atoms with Crippen LogP contribution >= 0.6 is 15.9 Å². The van der Waals surface area contributed by atoms with Crippen LogP contribution in [0.1, 0.15) is 51.4 Å². The summed E-state index contributed by atoms with van der Waals surface area (Å²) < 4.78 is 10.2. The van der Waals surface area contributed by atoms with Crippen molar-refractivity contribution in [1.29, 1.82) is 0 Å². The molecule has 1 saturated carbocycles. The van der Waals surface area contributed by atoms with Crippen molar-refractivity contribution >= 4 is 32.8 Å². The van der Waals surface area contributed by atoms with E-state index in [1.807, 2.05) is 15.2 Å². The summed E-state index contributed by atoms with van der Waals surface area (Å²) in [6, 6.07) is 2.03. The molecule has 0 unspecified atom stereocenters. The molecule has 26 heavy (non-hydrogen) atoms. The number of fused-ring (bicyclic) bond motifs is 1. The maximum atomic E-state index is 13.3. The second kappa shape index (κ2) is 7.69. The number of nitrogens with zero attached hydrogens (tertiary/aromatic N) is 3. The second-order valence-electron chi connectivity index (χ2n) is 7.54.